The van der Waals surface area contributed by atoms with Crippen LogP contribution in [0.1, 0.15) is 53.4 Å². The second-order valence-corrected chi connectivity index (χ2v) is 8.43. The van der Waals surface area contributed by atoms with Crippen LogP contribution in [0.3, 0.4) is 0 Å². The minimum atomic E-state index is -1.33. The summed E-state index contributed by atoms with van der Waals surface area (Å²) < 4.78 is 13.6. The van der Waals surface area contributed by atoms with Crippen molar-refractivity contribution in [1.82, 2.24) is 26.6 Å². The number of carboxylic acid groups (broad SMARTS) is 1. The molecule has 1 aliphatic rings. The standard InChI is InChI=1S/C20H32FN5O6/c1-10(2)7-13(18(29)24-14(19(30)31)8-11(3)4)23-15(27)5-6-16(28)25-17-12(21)9-22-20(32)26-17/h9-11,13-14,17H,5-8H2,1-4H3,(H,23,27)(H,24,29)(H,25,28)(H,30,31)(H2,22,26,32)/t13-,14-,17?/m0/s1. The van der Waals surface area contributed by atoms with E-state index in [0.717, 1.165) is 6.20 Å². The van der Waals surface area contributed by atoms with Crippen LogP contribution >= 0.6 is 0 Å². The van der Waals surface area contributed by atoms with Crippen LogP contribution in [-0.4, -0.2) is 53.1 Å². The van der Waals surface area contributed by atoms with E-state index in [1.165, 1.54) is 0 Å². The Hall–Kier alpha value is -3.18. The van der Waals surface area contributed by atoms with Gasteiger partial charge in [-0.05, 0) is 24.7 Å². The Morgan fingerprint density at radius 3 is 2.12 bits per heavy atom. The summed E-state index contributed by atoms with van der Waals surface area (Å²) in [5.74, 6) is -3.78. The molecule has 180 valence electrons. The topological polar surface area (TPSA) is 166 Å². The quantitative estimate of drug-likeness (QED) is 0.249. The first kappa shape index (κ1) is 26.9. The monoisotopic (exact) mass is 457 g/mol. The predicted octanol–water partition coefficient (Wildman–Crippen LogP) is 0.479. The number of carbonyl (C=O) groups is 5. The van der Waals surface area contributed by atoms with Crippen molar-refractivity contribution in [1.29, 1.82) is 0 Å². The van der Waals surface area contributed by atoms with Gasteiger partial charge in [-0.15, -0.1) is 0 Å². The Labute approximate surface area is 185 Å². The molecule has 1 rings (SSSR count). The Morgan fingerprint density at radius 1 is 1.00 bits per heavy atom. The minimum absolute atomic E-state index is 0.0287. The van der Waals surface area contributed by atoms with E-state index in [1.54, 1.807) is 0 Å². The van der Waals surface area contributed by atoms with Gasteiger partial charge in [0.15, 0.2) is 12.0 Å². The molecule has 0 radical (unpaired) electrons. The highest BCUT2D eigenvalue weighted by atomic mass is 19.1. The number of carbonyl (C=O) groups excluding carboxylic acids is 4. The van der Waals surface area contributed by atoms with E-state index in [9.17, 15) is 33.5 Å². The molecule has 32 heavy (non-hydrogen) atoms. The lowest BCUT2D eigenvalue weighted by Gasteiger charge is -2.24. The maximum Gasteiger partial charge on any atom is 0.326 e. The van der Waals surface area contributed by atoms with E-state index in [0.29, 0.717) is 0 Å². The van der Waals surface area contributed by atoms with Crippen molar-refractivity contribution < 1.29 is 33.5 Å². The van der Waals surface area contributed by atoms with Crippen LogP contribution in [0.5, 0.6) is 0 Å². The lowest BCUT2D eigenvalue weighted by Crippen LogP contribution is -2.54. The van der Waals surface area contributed by atoms with Crippen LogP contribution in [0, 0.1) is 11.8 Å². The van der Waals surface area contributed by atoms with Crippen LogP contribution in [0.25, 0.3) is 0 Å². The molecule has 1 heterocycles. The molecule has 1 aliphatic heterocycles. The normalized spacial score (nSPS) is 17.5. The average Bonchev–Trinajstić information content (AvgIpc) is 2.67. The lowest BCUT2D eigenvalue weighted by atomic mass is 10.0. The molecule has 6 N–H and O–H groups in total. The fourth-order valence-electron chi connectivity index (χ4n) is 2.96. The molecule has 12 heteroatoms. The van der Waals surface area contributed by atoms with Crippen LogP contribution in [0.15, 0.2) is 12.0 Å². The van der Waals surface area contributed by atoms with E-state index < -0.39 is 53.8 Å². The number of urea groups is 1. The molecular formula is C20H32FN5O6. The third-order valence-corrected chi connectivity index (χ3v) is 4.46. The number of halogens is 1. The summed E-state index contributed by atoms with van der Waals surface area (Å²) in [4.78, 5) is 59.5. The summed E-state index contributed by atoms with van der Waals surface area (Å²) in [6, 6.07) is -2.74. The summed E-state index contributed by atoms with van der Waals surface area (Å²) >= 11 is 0. The van der Waals surface area contributed by atoms with Gasteiger partial charge in [-0.2, -0.15) is 0 Å². The van der Waals surface area contributed by atoms with E-state index in [1.807, 2.05) is 27.7 Å². The molecule has 0 aromatic carbocycles. The fraction of sp³-hybridized carbons (Fsp3) is 0.650. The van der Waals surface area contributed by atoms with Gasteiger partial charge in [0.25, 0.3) is 0 Å². The molecule has 1 unspecified atom stereocenters. The van der Waals surface area contributed by atoms with Crippen molar-refractivity contribution in [3.8, 4) is 0 Å². The minimum Gasteiger partial charge on any atom is -0.480 e. The zero-order valence-electron chi connectivity index (χ0n) is 18.7. The number of carboxylic acids is 1. The highest BCUT2D eigenvalue weighted by Gasteiger charge is 2.28. The number of amides is 5. The van der Waals surface area contributed by atoms with Gasteiger partial charge in [-0.25, -0.2) is 14.0 Å². The maximum absolute atomic E-state index is 13.6. The van der Waals surface area contributed by atoms with Gasteiger partial charge >= 0.3 is 12.0 Å². The maximum atomic E-state index is 13.6. The largest absolute Gasteiger partial charge is 0.480 e. The average molecular weight is 458 g/mol. The van der Waals surface area contributed by atoms with E-state index >= 15 is 0 Å². The van der Waals surface area contributed by atoms with Gasteiger partial charge < -0.3 is 31.7 Å². The molecule has 0 aromatic rings. The molecule has 0 saturated heterocycles. The highest BCUT2D eigenvalue weighted by molar-refractivity contribution is 5.91. The summed E-state index contributed by atoms with van der Waals surface area (Å²) in [5, 5.41) is 20.8. The highest BCUT2D eigenvalue weighted by Crippen LogP contribution is 2.10. The first-order valence-electron chi connectivity index (χ1n) is 10.4. The molecule has 0 bridgehead atoms. The smallest absolute Gasteiger partial charge is 0.326 e. The molecule has 0 fully saturated rings. The predicted molar refractivity (Wildman–Crippen MR) is 112 cm³/mol. The SMILES string of the molecule is CC(C)C[C@H](NC(=O)[C@H](CC(C)C)NC(=O)CCC(=O)NC1NC(=O)NC=C1F)C(=O)O. The van der Waals surface area contributed by atoms with E-state index in [2.05, 4.69) is 26.6 Å². The Morgan fingerprint density at radius 2 is 1.56 bits per heavy atom. The molecule has 0 spiro atoms. The number of rotatable bonds is 12. The van der Waals surface area contributed by atoms with Gasteiger partial charge in [-0.3, -0.25) is 14.4 Å². The van der Waals surface area contributed by atoms with Gasteiger partial charge in [0.2, 0.25) is 17.7 Å². The fourth-order valence-corrected chi connectivity index (χ4v) is 2.96. The van der Waals surface area contributed by atoms with Gasteiger partial charge in [0.05, 0.1) is 0 Å². The van der Waals surface area contributed by atoms with Crippen LogP contribution < -0.4 is 26.6 Å². The first-order valence-corrected chi connectivity index (χ1v) is 10.4. The summed E-state index contributed by atoms with van der Waals surface area (Å²) in [6.07, 6.45) is -0.592. The van der Waals surface area contributed by atoms with Gasteiger partial charge in [0.1, 0.15) is 12.1 Å². The second-order valence-electron chi connectivity index (χ2n) is 8.43. The molecule has 5 amide bonds. The number of hydrogen-bond acceptors (Lipinski definition) is 5. The summed E-state index contributed by atoms with van der Waals surface area (Å²) in [5.41, 5.74) is 0. The number of aliphatic carboxylic acids is 1. The van der Waals surface area contributed by atoms with Crippen molar-refractivity contribution in [3.05, 3.63) is 12.0 Å². The van der Waals surface area contributed by atoms with Crippen LogP contribution in [0.4, 0.5) is 9.18 Å². The molecule has 0 saturated carbocycles. The molecule has 0 aliphatic carbocycles. The third kappa shape index (κ3) is 9.75. The molecule has 0 aromatic heterocycles. The molecule has 3 atom stereocenters. The van der Waals surface area contributed by atoms with Crippen LogP contribution in [-0.2, 0) is 19.2 Å². The summed E-state index contributed by atoms with van der Waals surface area (Å²) in [6.45, 7) is 7.35. The van der Waals surface area contributed by atoms with Crippen molar-refractivity contribution in [2.45, 2.75) is 71.6 Å². The van der Waals surface area contributed by atoms with Crippen LogP contribution in [0.2, 0.25) is 0 Å². The van der Waals surface area contributed by atoms with Gasteiger partial charge in [0, 0.05) is 19.0 Å². The number of nitrogens with one attached hydrogen (secondary N) is 5. The first-order chi connectivity index (χ1) is 14.9. The van der Waals surface area contributed by atoms with Crippen molar-refractivity contribution in [3.63, 3.8) is 0 Å². The zero-order valence-corrected chi connectivity index (χ0v) is 18.7. The zero-order chi connectivity index (χ0) is 24.4. The Kier molecular flexibility index (Phi) is 10.6. The lowest BCUT2D eigenvalue weighted by molar-refractivity contribution is -0.142. The van der Waals surface area contributed by atoms with Gasteiger partial charge in [-0.1, -0.05) is 27.7 Å². The van der Waals surface area contributed by atoms with Crippen molar-refractivity contribution >= 4 is 29.7 Å². The number of hydrogen-bond donors (Lipinski definition) is 6. The van der Waals surface area contributed by atoms with Crippen molar-refractivity contribution in [2.75, 3.05) is 0 Å². The second kappa shape index (κ2) is 12.6. The van der Waals surface area contributed by atoms with Crippen molar-refractivity contribution in [2.24, 2.45) is 11.8 Å². The van der Waals surface area contributed by atoms with E-state index in [4.69, 9.17) is 0 Å². The molecule has 11 nitrogen and oxygen atoms in total. The summed E-state index contributed by atoms with van der Waals surface area (Å²) in [7, 11) is 0. The van der Waals surface area contributed by atoms with E-state index in [-0.39, 0.29) is 37.5 Å². The Bertz CT molecular complexity index is 755. The Balaban J connectivity index is 2.63. The third-order valence-electron chi connectivity index (χ3n) is 4.46. The molecular weight excluding hydrogens is 425 g/mol.